The standard InChI is InChI=1S/C15H28O3/c1-3-5-6-7-8-10-13(4-2)14(15(17)18)11-9-12-16/h12-14H,3-11H2,1-2H3,(H,17,18). The number of carboxylic acids is 1. The third-order valence-electron chi connectivity index (χ3n) is 3.68. The van der Waals surface area contributed by atoms with Crippen LogP contribution in [0.2, 0.25) is 0 Å². The molecule has 0 aromatic heterocycles. The van der Waals surface area contributed by atoms with Crippen LogP contribution in [-0.2, 0) is 9.59 Å². The summed E-state index contributed by atoms with van der Waals surface area (Å²) in [4.78, 5) is 21.6. The van der Waals surface area contributed by atoms with Crippen molar-refractivity contribution in [3.8, 4) is 0 Å². The third kappa shape index (κ3) is 7.46. The van der Waals surface area contributed by atoms with Crippen LogP contribution in [0.3, 0.4) is 0 Å². The highest BCUT2D eigenvalue weighted by atomic mass is 16.4. The molecule has 0 heterocycles. The zero-order chi connectivity index (χ0) is 13.8. The number of carbonyl (C=O) groups excluding carboxylic acids is 1. The molecule has 0 fully saturated rings. The van der Waals surface area contributed by atoms with Crippen molar-refractivity contribution in [2.75, 3.05) is 0 Å². The molecule has 0 aliphatic heterocycles. The van der Waals surface area contributed by atoms with Crippen LogP contribution in [0, 0.1) is 11.8 Å². The molecule has 18 heavy (non-hydrogen) atoms. The molecule has 3 heteroatoms. The second kappa shape index (κ2) is 11.2. The van der Waals surface area contributed by atoms with E-state index < -0.39 is 5.97 Å². The van der Waals surface area contributed by atoms with Gasteiger partial charge in [0.25, 0.3) is 0 Å². The SMILES string of the molecule is CCCCCCCC(CC)C(CCC=O)C(=O)O. The van der Waals surface area contributed by atoms with E-state index in [-0.39, 0.29) is 11.8 Å². The van der Waals surface area contributed by atoms with Gasteiger partial charge in [-0.05, 0) is 18.8 Å². The van der Waals surface area contributed by atoms with E-state index in [9.17, 15) is 14.7 Å². The van der Waals surface area contributed by atoms with Crippen LogP contribution >= 0.6 is 0 Å². The molecule has 0 spiro atoms. The minimum atomic E-state index is -0.739. The minimum Gasteiger partial charge on any atom is -0.481 e. The Kier molecular flexibility index (Phi) is 10.7. The fourth-order valence-electron chi connectivity index (χ4n) is 2.51. The number of aliphatic carboxylic acids is 1. The van der Waals surface area contributed by atoms with Crippen LogP contribution in [0.15, 0.2) is 0 Å². The molecule has 0 aromatic carbocycles. The maximum atomic E-state index is 11.2. The van der Waals surface area contributed by atoms with Crippen molar-refractivity contribution < 1.29 is 14.7 Å². The first-order valence-electron chi connectivity index (χ1n) is 7.33. The number of rotatable bonds is 12. The second-order valence-electron chi connectivity index (χ2n) is 5.06. The van der Waals surface area contributed by atoms with Gasteiger partial charge in [0.1, 0.15) is 6.29 Å². The fourth-order valence-corrected chi connectivity index (χ4v) is 2.51. The lowest BCUT2D eigenvalue weighted by Crippen LogP contribution is -2.23. The average Bonchev–Trinajstić information content (AvgIpc) is 2.36. The van der Waals surface area contributed by atoms with Gasteiger partial charge in [0.15, 0.2) is 0 Å². The summed E-state index contributed by atoms with van der Waals surface area (Å²) in [6.07, 6.45) is 9.62. The Morgan fingerprint density at radius 3 is 2.28 bits per heavy atom. The van der Waals surface area contributed by atoms with Gasteiger partial charge < -0.3 is 9.90 Å². The van der Waals surface area contributed by atoms with Crippen LogP contribution < -0.4 is 0 Å². The smallest absolute Gasteiger partial charge is 0.306 e. The lowest BCUT2D eigenvalue weighted by atomic mass is 9.83. The molecule has 0 saturated carbocycles. The largest absolute Gasteiger partial charge is 0.481 e. The molecule has 0 amide bonds. The lowest BCUT2D eigenvalue weighted by Gasteiger charge is -2.22. The highest BCUT2D eigenvalue weighted by molar-refractivity contribution is 5.70. The van der Waals surface area contributed by atoms with Gasteiger partial charge in [0.2, 0.25) is 0 Å². The Morgan fingerprint density at radius 2 is 1.78 bits per heavy atom. The average molecular weight is 256 g/mol. The molecule has 0 aliphatic rings. The first-order valence-corrected chi connectivity index (χ1v) is 7.33. The van der Waals surface area contributed by atoms with Crippen LogP contribution in [0.1, 0.15) is 71.6 Å². The second-order valence-corrected chi connectivity index (χ2v) is 5.06. The van der Waals surface area contributed by atoms with Crippen molar-refractivity contribution in [2.24, 2.45) is 11.8 Å². The maximum absolute atomic E-state index is 11.2. The highest BCUT2D eigenvalue weighted by Gasteiger charge is 2.25. The van der Waals surface area contributed by atoms with Crippen LogP contribution in [0.5, 0.6) is 0 Å². The van der Waals surface area contributed by atoms with Gasteiger partial charge in [0.05, 0.1) is 5.92 Å². The van der Waals surface area contributed by atoms with E-state index in [1.54, 1.807) is 0 Å². The number of unbranched alkanes of at least 4 members (excludes halogenated alkanes) is 4. The number of carboxylic acid groups (broad SMARTS) is 1. The highest BCUT2D eigenvalue weighted by Crippen LogP contribution is 2.26. The fraction of sp³-hybridized carbons (Fsp3) is 0.867. The predicted molar refractivity (Wildman–Crippen MR) is 73.6 cm³/mol. The number of aldehydes is 1. The molecule has 106 valence electrons. The van der Waals surface area contributed by atoms with E-state index in [4.69, 9.17) is 0 Å². The van der Waals surface area contributed by atoms with Crippen LogP contribution in [0.25, 0.3) is 0 Å². The Morgan fingerprint density at radius 1 is 1.11 bits per heavy atom. The van der Waals surface area contributed by atoms with Crippen molar-refractivity contribution >= 4 is 12.3 Å². The summed E-state index contributed by atoms with van der Waals surface area (Å²) in [6, 6.07) is 0. The van der Waals surface area contributed by atoms with Gasteiger partial charge in [-0.3, -0.25) is 4.79 Å². The van der Waals surface area contributed by atoms with Crippen molar-refractivity contribution in [3.63, 3.8) is 0 Å². The normalized spacial score (nSPS) is 14.1. The Hall–Kier alpha value is -0.860. The summed E-state index contributed by atoms with van der Waals surface area (Å²) in [5.74, 6) is -0.854. The van der Waals surface area contributed by atoms with E-state index in [1.165, 1.54) is 25.7 Å². The van der Waals surface area contributed by atoms with Gasteiger partial charge in [-0.1, -0.05) is 52.4 Å². The quantitative estimate of drug-likeness (QED) is 0.423. The van der Waals surface area contributed by atoms with E-state index in [2.05, 4.69) is 6.92 Å². The lowest BCUT2D eigenvalue weighted by molar-refractivity contribution is -0.144. The van der Waals surface area contributed by atoms with Crippen molar-refractivity contribution in [2.45, 2.75) is 71.6 Å². The van der Waals surface area contributed by atoms with E-state index in [0.29, 0.717) is 12.8 Å². The van der Waals surface area contributed by atoms with Gasteiger partial charge in [-0.25, -0.2) is 0 Å². The molecule has 1 N–H and O–H groups in total. The molecular formula is C15H28O3. The molecule has 2 atom stereocenters. The van der Waals surface area contributed by atoms with E-state index >= 15 is 0 Å². The topological polar surface area (TPSA) is 54.4 Å². The first kappa shape index (κ1) is 17.1. The zero-order valence-electron chi connectivity index (χ0n) is 11.9. The summed E-state index contributed by atoms with van der Waals surface area (Å²) in [5.41, 5.74) is 0. The molecule has 2 unspecified atom stereocenters. The molecule has 0 radical (unpaired) electrons. The van der Waals surface area contributed by atoms with Crippen LogP contribution in [0.4, 0.5) is 0 Å². The summed E-state index contributed by atoms with van der Waals surface area (Å²) >= 11 is 0. The molecule has 0 saturated heterocycles. The Balaban J connectivity index is 4.07. The van der Waals surface area contributed by atoms with Crippen molar-refractivity contribution in [1.82, 2.24) is 0 Å². The summed E-state index contributed by atoms with van der Waals surface area (Å²) < 4.78 is 0. The van der Waals surface area contributed by atoms with Crippen molar-refractivity contribution in [3.05, 3.63) is 0 Å². The number of hydrogen-bond donors (Lipinski definition) is 1. The molecule has 0 aromatic rings. The maximum Gasteiger partial charge on any atom is 0.306 e. The number of hydrogen-bond acceptors (Lipinski definition) is 2. The van der Waals surface area contributed by atoms with E-state index in [0.717, 1.165) is 25.5 Å². The van der Waals surface area contributed by atoms with Gasteiger partial charge in [-0.15, -0.1) is 0 Å². The Labute approximate surface area is 111 Å². The summed E-state index contributed by atoms with van der Waals surface area (Å²) in [6.45, 7) is 4.24. The molecular weight excluding hydrogens is 228 g/mol. The van der Waals surface area contributed by atoms with Crippen molar-refractivity contribution in [1.29, 1.82) is 0 Å². The molecule has 0 aliphatic carbocycles. The molecule has 3 nitrogen and oxygen atoms in total. The monoisotopic (exact) mass is 256 g/mol. The van der Waals surface area contributed by atoms with Gasteiger partial charge in [0, 0.05) is 6.42 Å². The molecule has 0 bridgehead atoms. The summed E-state index contributed by atoms with van der Waals surface area (Å²) in [5, 5.41) is 9.23. The summed E-state index contributed by atoms with van der Waals surface area (Å²) in [7, 11) is 0. The zero-order valence-corrected chi connectivity index (χ0v) is 11.9. The van der Waals surface area contributed by atoms with E-state index in [1.807, 2.05) is 6.92 Å². The van der Waals surface area contributed by atoms with Gasteiger partial charge >= 0.3 is 5.97 Å². The van der Waals surface area contributed by atoms with Crippen LogP contribution in [-0.4, -0.2) is 17.4 Å². The first-order chi connectivity index (χ1) is 8.67. The van der Waals surface area contributed by atoms with Gasteiger partial charge in [-0.2, -0.15) is 0 Å². The minimum absolute atomic E-state index is 0.226. The molecule has 0 rings (SSSR count). The number of carbonyl (C=O) groups is 2. The predicted octanol–water partition coefficient (Wildman–Crippen LogP) is 4.05. The Bertz CT molecular complexity index is 226. The third-order valence-corrected chi connectivity index (χ3v) is 3.68.